The van der Waals surface area contributed by atoms with E-state index in [-0.39, 0.29) is 5.91 Å². The minimum atomic E-state index is 0.109. The maximum atomic E-state index is 11.5. The first-order chi connectivity index (χ1) is 9.65. The Hall–Kier alpha value is -2.22. The van der Waals surface area contributed by atoms with Crippen LogP contribution in [-0.2, 0) is 4.79 Å². The number of ether oxygens (including phenoxy) is 1. The SMILES string of the molecule is COc1ccc(C#N)c(N2CCCN(C(C)=O)CC2)c1. The minimum absolute atomic E-state index is 0.109. The number of methoxy groups -OCH3 is 1. The number of anilines is 1. The van der Waals surface area contributed by atoms with E-state index in [0.717, 1.165) is 37.5 Å². The summed E-state index contributed by atoms with van der Waals surface area (Å²) in [4.78, 5) is 15.5. The number of amides is 1. The van der Waals surface area contributed by atoms with Gasteiger partial charge in [0.25, 0.3) is 0 Å². The molecule has 1 aliphatic rings. The van der Waals surface area contributed by atoms with Crippen molar-refractivity contribution >= 4 is 11.6 Å². The van der Waals surface area contributed by atoms with Gasteiger partial charge in [-0.05, 0) is 18.6 Å². The molecule has 0 bridgehead atoms. The Morgan fingerprint density at radius 1 is 1.30 bits per heavy atom. The number of hydrogen-bond donors (Lipinski definition) is 0. The van der Waals surface area contributed by atoms with E-state index in [9.17, 15) is 10.1 Å². The first-order valence-corrected chi connectivity index (χ1v) is 6.74. The standard InChI is InChI=1S/C15H19N3O2/c1-12(19)17-6-3-7-18(9-8-17)15-10-14(20-2)5-4-13(15)11-16/h4-5,10H,3,6-9H2,1-2H3. The fourth-order valence-electron chi connectivity index (χ4n) is 2.47. The van der Waals surface area contributed by atoms with E-state index in [4.69, 9.17) is 4.74 Å². The summed E-state index contributed by atoms with van der Waals surface area (Å²) >= 11 is 0. The monoisotopic (exact) mass is 273 g/mol. The van der Waals surface area contributed by atoms with Crippen molar-refractivity contribution in [1.29, 1.82) is 5.26 Å². The van der Waals surface area contributed by atoms with E-state index in [0.29, 0.717) is 12.1 Å². The van der Waals surface area contributed by atoms with E-state index < -0.39 is 0 Å². The molecule has 0 aliphatic carbocycles. The van der Waals surface area contributed by atoms with Gasteiger partial charge in [0.2, 0.25) is 5.91 Å². The topological polar surface area (TPSA) is 56.6 Å². The van der Waals surface area contributed by atoms with Gasteiger partial charge in [-0.1, -0.05) is 0 Å². The summed E-state index contributed by atoms with van der Waals surface area (Å²) < 4.78 is 5.24. The lowest BCUT2D eigenvalue weighted by atomic mass is 10.1. The maximum Gasteiger partial charge on any atom is 0.219 e. The highest BCUT2D eigenvalue weighted by Gasteiger charge is 2.19. The van der Waals surface area contributed by atoms with Gasteiger partial charge in [-0.25, -0.2) is 0 Å². The molecule has 0 atom stereocenters. The van der Waals surface area contributed by atoms with Crippen molar-refractivity contribution in [2.24, 2.45) is 0 Å². The molecule has 1 heterocycles. The number of carbonyl (C=O) groups excluding carboxylic acids is 1. The van der Waals surface area contributed by atoms with Crippen molar-refractivity contribution in [3.05, 3.63) is 23.8 Å². The van der Waals surface area contributed by atoms with Crippen LogP contribution in [-0.4, -0.2) is 44.1 Å². The molecule has 0 unspecified atom stereocenters. The quantitative estimate of drug-likeness (QED) is 0.821. The molecule has 1 aromatic rings. The first-order valence-electron chi connectivity index (χ1n) is 6.74. The van der Waals surface area contributed by atoms with Crippen LogP contribution in [0.25, 0.3) is 0 Å². The number of hydrogen-bond acceptors (Lipinski definition) is 4. The van der Waals surface area contributed by atoms with Gasteiger partial charge in [-0.15, -0.1) is 0 Å². The number of carbonyl (C=O) groups is 1. The van der Waals surface area contributed by atoms with Crippen molar-refractivity contribution in [1.82, 2.24) is 4.90 Å². The fourth-order valence-corrected chi connectivity index (χ4v) is 2.47. The van der Waals surface area contributed by atoms with E-state index in [1.165, 1.54) is 0 Å². The van der Waals surface area contributed by atoms with Crippen LogP contribution in [0.5, 0.6) is 5.75 Å². The third-order valence-electron chi connectivity index (χ3n) is 3.61. The van der Waals surface area contributed by atoms with Gasteiger partial charge in [0, 0.05) is 39.2 Å². The Morgan fingerprint density at radius 2 is 2.10 bits per heavy atom. The van der Waals surface area contributed by atoms with Crippen LogP contribution in [0.2, 0.25) is 0 Å². The third kappa shape index (κ3) is 3.02. The van der Waals surface area contributed by atoms with Crippen molar-refractivity contribution in [2.75, 3.05) is 38.2 Å². The predicted molar refractivity (Wildman–Crippen MR) is 76.8 cm³/mol. The predicted octanol–water partition coefficient (Wildman–Crippen LogP) is 1.63. The third-order valence-corrected chi connectivity index (χ3v) is 3.61. The molecule has 1 fully saturated rings. The van der Waals surface area contributed by atoms with Crippen LogP contribution in [0, 0.1) is 11.3 Å². The zero-order valence-electron chi connectivity index (χ0n) is 11.9. The lowest BCUT2D eigenvalue weighted by Crippen LogP contribution is -2.33. The molecule has 1 amide bonds. The molecule has 0 aromatic heterocycles. The minimum Gasteiger partial charge on any atom is -0.497 e. The van der Waals surface area contributed by atoms with Gasteiger partial charge >= 0.3 is 0 Å². The Kier molecular flexibility index (Phi) is 4.46. The zero-order valence-corrected chi connectivity index (χ0v) is 11.9. The Morgan fingerprint density at radius 3 is 2.75 bits per heavy atom. The molecule has 2 rings (SSSR count). The molecular formula is C15H19N3O2. The normalized spacial score (nSPS) is 15.4. The molecule has 1 aromatic carbocycles. The second-order valence-electron chi connectivity index (χ2n) is 4.84. The molecule has 5 nitrogen and oxygen atoms in total. The lowest BCUT2D eigenvalue weighted by molar-refractivity contribution is -0.128. The molecular weight excluding hydrogens is 254 g/mol. The molecule has 0 N–H and O–H groups in total. The van der Waals surface area contributed by atoms with E-state index in [2.05, 4.69) is 11.0 Å². The van der Waals surface area contributed by atoms with Gasteiger partial charge in [-0.2, -0.15) is 5.26 Å². The van der Waals surface area contributed by atoms with Crippen molar-refractivity contribution in [2.45, 2.75) is 13.3 Å². The summed E-state index contributed by atoms with van der Waals surface area (Å²) in [6.45, 7) is 4.64. The zero-order chi connectivity index (χ0) is 14.5. The molecule has 106 valence electrons. The summed E-state index contributed by atoms with van der Waals surface area (Å²) in [7, 11) is 1.62. The molecule has 0 spiro atoms. The second kappa shape index (κ2) is 6.29. The molecule has 0 saturated carbocycles. The number of benzene rings is 1. The molecule has 5 heteroatoms. The Bertz CT molecular complexity index is 536. The maximum absolute atomic E-state index is 11.5. The van der Waals surface area contributed by atoms with Crippen LogP contribution in [0.4, 0.5) is 5.69 Å². The average Bonchev–Trinajstić information content (AvgIpc) is 2.72. The molecule has 1 saturated heterocycles. The molecule has 20 heavy (non-hydrogen) atoms. The summed E-state index contributed by atoms with van der Waals surface area (Å²) in [5.41, 5.74) is 1.53. The summed E-state index contributed by atoms with van der Waals surface area (Å²) in [6, 6.07) is 7.68. The van der Waals surface area contributed by atoms with Crippen LogP contribution < -0.4 is 9.64 Å². The van der Waals surface area contributed by atoms with E-state index in [1.807, 2.05) is 11.0 Å². The summed E-state index contributed by atoms with van der Waals surface area (Å²) in [5, 5.41) is 9.24. The van der Waals surface area contributed by atoms with Crippen LogP contribution in [0.1, 0.15) is 18.9 Å². The fraction of sp³-hybridized carbons (Fsp3) is 0.467. The van der Waals surface area contributed by atoms with Crippen molar-refractivity contribution < 1.29 is 9.53 Å². The summed E-state index contributed by atoms with van der Waals surface area (Å²) in [5.74, 6) is 0.852. The van der Waals surface area contributed by atoms with E-state index in [1.54, 1.807) is 26.2 Å². The van der Waals surface area contributed by atoms with Crippen LogP contribution in [0.3, 0.4) is 0 Å². The van der Waals surface area contributed by atoms with Gasteiger partial charge in [0.05, 0.1) is 18.4 Å². The average molecular weight is 273 g/mol. The largest absolute Gasteiger partial charge is 0.497 e. The second-order valence-corrected chi connectivity index (χ2v) is 4.84. The van der Waals surface area contributed by atoms with Crippen molar-refractivity contribution in [3.63, 3.8) is 0 Å². The van der Waals surface area contributed by atoms with Crippen molar-refractivity contribution in [3.8, 4) is 11.8 Å². The highest BCUT2D eigenvalue weighted by Crippen LogP contribution is 2.26. The van der Waals surface area contributed by atoms with E-state index >= 15 is 0 Å². The van der Waals surface area contributed by atoms with Gasteiger partial charge in [0.15, 0.2) is 0 Å². The smallest absolute Gasteiger partial charge is 0.219 e. The van der Waals surface area contributed by atoms with Crippen LogP contribution in [0.15, 0.2) is 18.2 Å². The van der Waals surface area contributed by atoms with Gasteiger partial charge < -0.3 is 14.5 Å². The number of nitrogens with zero attached hydrogens (tertiary/aromatic N) is 3. The highest BCUT2D eigenvalue weighted by molar-refractivity contribution is 5.73. The molecule has 0 radical (unpaired) electrons. The highest BCUT2D eigenvalue weighted by atomic mass is 16.5. The van der Waals surface area contributed by atoms with Gasteiger partial charge in [0.1, 0.15) is 11.8 Å². The number of nitriles is 1. The molecule has 1 aliphatic heterocycles. The Balaban J connectivity index is 2.23. The Labute approximate surface area is 119 Å². The van der Waals surface area contributed by atoms with Crippen LogP contribution >= 0.6 is 0 Å². The summed E-state index contributed by atoms with van der Waals surface area (Å²) in [6.07, 6.45) is 0.904. The first kappa shape index (κ1) is 14.2. The lowest BCUT2D eigenvalue weighted by Gasteiger charge is -2.24. The number of rotatable bonds is 2. The van der Waals surface area contributed by atoms with Gasteiger partial charge in [-0.3, -0.25) is 4.79 Å².